The summed E-state index contributed by atoms with van der Waals surface area (Å²) in [7, 11) is 0. The average molecular weight is 834 g/mol. The van der Waals surface area contributed by atoms with Gasteiger partial charge in [0.15, 0.2) is 5.82 Å². The van der Waals surface area contributed by atoms with Gasteiger partial charge >= 0.3 is 0 Å². The highest BCUT2D eigenvalue weighted by atomic mass is 19.1. The van der Waals surface area contributed by atoms with E-state index in [2.05, 4.69) is 86.9 Å². The minimum absolute atomic E-state index is 0.0939. The number of aldehydes is 1. The summed E-state index contributed by atoms with van der Waals surface area (Å²) in [6.45, 7) is 21.8. The number of nitrogens with zero attached hydrogens (tertiary/aromatic N) is 6. The molecule has 3 aliphatic heterocycles. The Kier molecular flexibility index (Phi) is 15.4. The lowest BCUT2D eigenvalue weighted by molar-refractivity contribution is -0.109. The van der Waals surface area contributed by atoms with Crippen molar-refractivity contribution in [3.63, 3.8) is 0 Å². The second kappa shape index (κ2) is 21.1. The van der Waals surface area contributed by atoms with Crippen LogP contribution in [0, 0.1) is 5.92 Å². The highest BCUT2D eigenvalue weighted by Crippen LogP contribution is 2.42. The summed E-state index contributed by atoms with van der Waals surface area (Å²) < 4.78 is 18.2. The normalized spacial score (nSPS) is 18.8. The molecule has 330 valence electrons. The van der Waals surface area contributed by atoms with Crippen molar-refractivity contribution in [2.75, 3.05) is 55.6 Å². The Morgan fingerprint density at radius 1 is 0.951 bits per heavy atom. The van der Waals surface area contributed by atoms with Crippen LogP contribution in [0.3, 0.4) is 0 Å². The number of alkyl halides is 1. The molecule has 1 N–H and O–H groups in total. The van der Waals surface area contributed by atoms with Crippen LogP contribution in [0.2, 0.25) is 0 Å². The van der Waals surface area contributed by atoms with E-state index < -0.39 is 6.17 Å². The van der Waals surface area contributed by atoms with Crippen LogP contribution in [-0.4, -0.2) is 84.1 Å². The molecule has 1 aromatic heterocycles. The number of benzene rings is 2. The number of aromatic nitrogens is 2. The molecule has 61 heavy (non-hydrogen) atoms. The van der Waals surface area contributed by atoms with Crippen molar-refractivity contribution in [2.24, 2.45) is 5.92 Å². The quantitative estimate of drug-likeness (QED) is 0.0651. The van der Waals surface area contributed by atoms with Gasteiger partial charge in [0.25, 0.3) is 0 Å². The third kappa shape index (κ3) is 10.1. The van der Waals surface area contributed by atoms with Gasteiger partial charge in [0, 0.05) is 98.7 Å². The van der Waals surface area contributed by atoms with Crippen molar-refractivity contribution in [3.8, 4) is 0 Å². The zero-order valence-corrected chi connectivity index (χ0v) is 37.5. The Labute approximate surface area is 365 Å². The third-order valence-electron chi connectivity index (χ3n) is 14.2. The fourth-order valence-electron chi connectivity index (χ4n) is 10.9. The first-order valence-electron chi connectivity index (χ1n) is 23.7. The molecular formula is C51H72FN7O2. The zero-order chi connectivity index (χ0) is 42.9. The number of piperazine rings is 1. The Bertz CT molecular complexity index is 1980. The standard InChI is InChI=1S/C51H72FN7O2/c1-6-14-49-46(8-3)51(54-59(49)44-16-10-9-11-17-44)57-25-12-15-41-31-40(48(37(4)52)33-50(41)57)20-19-39(23-24-53-36-61)34-55-26-28-56(29-27-55)45-21-22-47-38(5)58(35-42(47)32-45)43(7-2)18-13-30-60/h7,21-22,30-33,36-37,39,43-44H,2,5-6,8-20,23-29,34-35H2,1,3-4H3,(H,53,61). The zero-order valence-electron chi connectivity index (χ0n) is 37.5. The molecule has 3 unspecified atom stereocenters. The number of carbonyl (C=O) groups excluding carboxylic acids is 2. The van der Waals surface area contributed by atoms with Gasteiger partial charge in [0.2, 0.25) is 6.41 Å². The number of anilines is 3. The smallest absolute Gasteiger partial charge is 0.207 e. The van der Waals surface area contributed by atoms with Gasteiger partial charge in [-0.25, -0.2) is 4.39 Å². The van der Waals surface area contributed by atoms with Gasteiger partial charge in [-0.1, -0.05) is 64.3 Å². The molecule has 7 rings (SSSR count). The number of amides is 1. The molecule has 3 aromatic rings. The minimum Gasteiger partial charge on any atom is -0.369 e. The lowest BCUT2D eigenvalue weighted by atomic mass is 9.88. The van der Waals surface area contributed by atoms with Crippen LogP contribution in [0.15, 0.2) is 49.6 Å². The van der Waals surface area contributed by atoms with Gasteiger partial charge in [-0.05, 0) is 118 Å². The van der Waals surface area contributed by atoms with E-state index in [4.69, 9.17) is 5.10 Å². The van der Waals surface area contributed by atoms with Crippen molar-refractivity contribution in [3.05, 3.63) is 88.6 Å². The molecule has 9 nitrogen and oxygen atoms in total. The summed E-state index contributed by atoms with van der Waals surface area (Å²) in [4.78, 5) is 32.1. The molecule has 3 atom stereocenters. The fraction of sp³-hybridized carbons (Fsp3) is 0.588. The van der Waals surface area contributed by atoms with E-state index in [9.17, 15) is 9.59 Å². The predicted octanol–water partition coefficient (Wildman–Crippen LogP) is 9.85. The SMILES string of the molecule is C=CC(CCC=O)N1Cc2cc(N3CCN(CC(CCNC=O)CCc4cc5c(cc4C(C)F)N(c4nn(C6CCCCC6)c(CCC)c4CC)CCC5)CC3)ccc2C1=C. The van der Waals surface area contributed by atoms with E-state index in [1.165, 1.54) is 65.7 Å². The second-order valence-electron chi connectivity index (χ2n) is 18.2. The largest absolute Gasteiger partial charge is 0.369 e. The summed E-state index contributed by atoms with van der Waals surface area (Å²) in [5.41, 5.74) is 11.9. The number of nitrogens with one attached hydrogen (secondary N) is 1. The maximum atomic E-state index is 15.8. The van der Waals surface area contributed by atoms with Gasteiger partial charge in [0.05, 0.1) is 6.04 Å². The first-order valence-corrected chi connectivity index (χ1v) is 23.7. The van der Waals surface area contributed by atoms with Gasteiger partial charge in [-0.3, -0.25) is 14.4 Å². The molecule has 2 aromatic carbocycles. The van der Waals surface area contributed by atoms with Gasteiger partial charge in [-0.15, -0.1) is 6.58 Å². The number of hydrogen-bond donors (Lipinski definition) is 1. The molecule has 0 radical (unpaired) electrons. The fourth-order valence-corrected chi connectivity index (χ4v) is 10.9. The number of halogens is 1. The van der Waals surface area contributed by atoms with Crippen molar-refractivity contribution in [1.82, 2.24) is 24.9 Å². The molecule has 10 heteroatoms. The molecule has 1 aliphatic carbocycles. The molecule has 1 saturated heterocycles. The molecule has 1 saturated carbocycles. The van der Waals surface area contributed by atoms with Crippen molar-refractivity contribution >= 4 is 35.6 Å². The van der Waals surface area contributed by atoms with Gasteiger partial charge in [0.1, 0.15) is 12.5 Å². The summed E-state index contributed by atoms with van der Waals surface area (Å²) in [5, 5.41) is 8.36. The summed E-state index contributed by atoms with van der Waals surface area (Å²) in [6, 6.07) is 11.8. The van der Waals surface area contributed by atoms with Crippen molar-refractivity contribution in [1.29, 1.82) is 0 Å². The topological polar surface area (TPSA) is 77.0 Å². The lowest BCUT2D eigenvalue weighted by Gasteiger charge is -2.38. The Hall–Kier alpha value is -4.44. The highest BCUT2D eigenvalue weighted by Gasteiger charge is 2.31. The summed E-state index contributed by atoms with van der Waals surface area (Å²) >= 11 is 0. The first-order chi connectivity index (χ1) is 29.8. The first kappa shape index (κ1) is 44.6. The van der Waals surface area contributed by atoms with E-state index in [-0.39, 0.29) is 6.04 Å². The number of aryl methyl sites for hydroxylation is 2. The maximum absolute atomic E-state index is 15.8. The van der Waals surface area contributed by atoms with Crippen LogP contribution in [0.25, 0.3) is 5.70 Å². The van der Waals surface area contributed by atoms with Crippen LogP contribution < -0.4 is 15.1 Å². The van der Waals surface area contributed by atoms with E-state index in [0.717, 1.165) is 145 Å². The minimum atomic E-state index is -1.07. The van der Waals surface area contributed by atoms with Crippen LogP contribution in [0.4, 0.5) is 21.6 Å². The van der Waals surface area contributed by atoms with Crippen LogP contribution in [-0.2, 0) is 41.8 Å². The molecule has 4 aliphatic rings. The lowest BCUT2D eigenvalue weighted by Crippen LogP contribution is -2.48. The van der Waals surface area contributed by atoms with E-state index in [0.29, 0.717) is 24.9 Å². The van der Waals surface area contributed by atoms with Crippen molar-refractivity contribution in [2.45, 2.75) is 142 Å². The monoisotopic (exact) mass is 834 g/mol. The predicted molar refractivity (Wildman–Crippen MR) is 248 cm³/mol. The average Bonchev–Trinajstić information content (AvgIpc) is 3.82. The van der Waals surface area contributed by atoms with Crippen LogP contribution in [0.1, 0.15) is 143 Å². The molecule has 0 bridgehead atoms. The molecule has 4 heterocycles. The molecule has 0 spiro atoms. The number of fused-ring (bicyclic) bond motifs is 2. The van der Waals surface area contributed by atoms with E-state index in [1.54, 1.807) is 6.92 Å². The van der Waals surface area contributed by atoms with Crippen molar-refractivity contribution < 1.29 is 14.0 Å². The molecule has 1 amide bonds. The Morgan fingerprint density at radius 3 is 2.46 bits per heavy atom. The van der Waals surface area contributed by atoms with E-state index in [1.807, 2.05) is 6.08 Å². The molecule has 2 fully saturated rings. The Morgan fingerprint density at radius 2 is 1.75 bits per heavy atom. The highest BCUT2D eigenvalue weighted by molar-refractivity contribution is 5.73. The third-order valence-corrected chi connectivity index (χ3v) is 14.2. The second-order valence-corrected chi connectivity index (χ2v) is 18.2. The molecular weight excluding hydrogens is 762 g/mol. The van der Waals surface area contributed by atoms with Crippen LogP contribution >= 0.6 is 0 Å². The van der Waals surface area contributed by atoms with Crippen LogP contribution in [0.5, 0.6) is 0 Å². The van der Waals surface area contributed by atoms with E-state index >= 15 is 4.39 Å². The van der Waals surface area contributed by atoms with Gasteiger partial charge < -0.3 is 24.8 Å². The summed E-state index contributed by atoms with van der Waals surface area (Å²) in [5.74, 6) is 1.47. The summed E-state index contributed by atoms with van der Waals surface area (Å²) in [6.07, 6.45) is 18.0. The number of carbonyl (C=O) groups is 2. The maximum Gasteiger partial charge on any atom is 0.207 e. The number of rotatable bonds is 21. The van der Waals surface area contributed by atoms with Gasteiger partial charge in [-0.2, -0.15) is 5.10 Å². The number of hydrogen-bond acceptors (Lipinski definition) is 7. The Balaban J connectivity index is 1.03.